The Morgan fingerprint density at radius 1 is 1.25 bits per heavy atom. The molecule has 0 aliphatic carbocycles. The number of rotatable bonds is 2. The van der Waals surface area contributed by atoms with E-state index in [9.17, 15) is 0 Å². The lowest BCUT2D eigenvalue weighted by Gasteiger charge is -2.41. The highest BCUT2D eigenvalue weighted by molar-refractivity contribution is 5.85. The van der Waals surface area contributed by atoms with Gasteiger partial charge in [0.2, 0.25) is 0 Å². The van der Waals surface area contributed by atoms with Gasteiger partial charge in [-0.2, -0.15) is 0 Å². The first-order chi connectivity index (χ1) is 7.27. The first-order valence-electron chi connectivity index (χ1n) is 6.32. The van der Waals surface area contributed by atoms with E-state index in [2.05, 4.69) is 24.1 Å². The Kier molecular flexibility index (Phi) is 6.05. The summed E-state index contributed by atoms with van der Waals surface area (Å²) in [7, 11) is 0. The Morgan fingerprint density at radius 3 is 2.62 bits per heavy atom. The van der Waals surface area contributed by atoms with Gasteiger partial charge in [0.15, 0.2) is 0 Å². The summed E-state index contributed by atoms with van der Waals surface area (Å²) in [6, 6.07) is 1.32. The van der Waals surface area contributed by atoms with Crippen molar-refractivity contribution < 1.29 is 4.74 Å². The predicted octanol–water partition coefficient (Wildman–Crippen LogP) is 1.52. The second-order valence-corrected chi connectivity index (χ2v) is 5.03. The molecule has 96 valence electrons. The highest BCUT2D eigenvalue weighted by Crippen LogP contribution is 2.19. The molecule has 2 atom stereocenters. The molecular weight excluding hydrogens is 224 g/mol. The van der Waals surface area contributed by atoms with Crippen LogP contribution in [0.1, 0.15) is 26.7 Å². The van der Waals surface area contributed by atoms with Crippen LogP contribution in [0.25, 0.3) is 0 Å². The minimum atomic E-state index is 0. The average Bonchev–Trinajstić information content (AvgIpc) is 2.26. The van der Waals surface area contributed by atoms with Crippen LogP contribution in [-0.4, -0.2) is 49.8 Å². The highest BCUT2D eigenvalue weighted by atomic mass is 35.5. The van der Waals surface area contributed by atoms with E-state index in [1.165, 1.54) is 25.9 Å². The van der Waals surface area contributed by atoms with E-state index in [1.807, 2.05) is 0 Å². The number of hydrogen-bond donors (Lipinski definition) is 1. The zero-order valence-electron chi connectivity index (χ0n) is 10.4. The summed E-state index contributed by atoms with van der Waals surface area (Å²) in [5.41, 5.74) is 0. The van der Waals surface area contributed by atoms with Crippen LogP contribution in [0.3, 0.4) is 0 Å². The summed E-state index contributed by atoms with van der Waals surface area (Å²) >= 11 is 0. The largest absolute Gasteiger partial charge is 0.381 e. The first-order valence-corrected chi connectivity index (χ1v) is 6.32. The van der Waals surface area contributed by atoms with Gasteiger partial charge in [0.25, 0.3) is 0 Å². The standard InChI is InChI=1S/C12H24N2O.ClH/c1-10-11(2)14(6-5-13-10)9-12-3-7-15-8-4-12;/h10-13H,3-9H2,1-2H3;1H. The molecule has 2 aliphatic heterocycles. The van der Waals surface area contributed by atoms with Gasteiger partial charge < -0.3 is 10.1 Å². The molecule has 3 nitrogen and oxygen atoms in total. The van der Waals surface area contributed by atoms with Gasteiger partial charge in [-0.25, -0.2) is 0 Å². The van der Waals surface area contributed by atoms with Gasteiger partial charge in [0.1, 0.15) is 0 Å². The molecule has 2 unspecified atom stereocenters. The molecule has 0 radical (unpaired) electrons. The average molecular weight is 249 g/mol. The Labute approximate surface area is 105 Å². The first kappa shape index (κ1) is 14.2. The molecule has 16 heavy (non-hydrogen) atoms. The molecule has 2 rings (SSSR count). The number of nitrogens with one attached hydrogen (secondary N) is 1. The smallest absolute Gasteiger partial charge is 0.0469 e. The predicted molar refractivity (Wildman–Crippen MR) is 69.3 cm³/mol. The molecule has 0 amide bonds. The van der Waals surface area contributed by atoms with Gasteiger partial charge in [0, 0.05) is 44.9 Å². The molecule has 2 saturated heterocycles. The van der Waals surface area contributed by atoms with Crippen molar-refractivity contribution in [2.45, 2.75) is 38.8 Å². The lowest BCUT2D eigenvalue weighted by atomic mass is 9.97. The van der Waals surface area contributed by atoms with E-state index in [-0.39, 0.29) is 12.4 Å². The molecule has 4 heteroatoms. The van der Waals surface area contributed by atoms with Crippen molar-refractivity contribution in [2.24, 2.45) is 5.92 Å². The quantitative estimate of drug-likeness (QED) is 0.802. The van der Waals surface area contributed by atoms with Gasteiger partial charge >= 0.3 is 0 Å². The van der Waals surface area contributed by atoms with E-state index >= 15 is 0 Å². The summed E-state index contributed by atoms with van der Waals surface area (Å²) < 4.78 is 5.41. The number of halogens is 1. The van der Waals surface area contributed by atoms with Crippen LogP contribution in [0.2, 0.25) is 0 Å². The minimum absolute atomic E-state index is 0. The highest BCUT2D eigenvalue weighted by Gasteiger charge is 2.26. The third-order valence-electron chi connectivity index (χ3n) is 4.00. The Hall–Kier alpha value is 0.170. The number of nitrogens with zero attached hydrogens (tertiary/aromatic N) is 1. The maximum absolute atomic E-state index is 5.41. The Bertz CT molecular complexity index is 197. The monoisotopic (exact) mass is 248 g/mol. The van der Waals surface area contributed by atoms with Crippen molar-refractivity contribution in [1.82, 2.24) is 10.2 Å². The maximum Gasteiger partial charge on any atom is 0.0469 e. The van der Waals surface area contributed by atoms with Gasteiger partial charge in [0.05, 0.1) is 0 Å². The third-order valence-corrected chi connectivity index (χ3v) is 4.00. The summed E-state index contributed by atoms with van der Waals surface area (Å²) in [5, 5.41) is 3.53. The van der Waals surface area contributed by atoms with Crippen LogP contribution in [0.5, 0.6) is 0 Å². The second kappa shape index (κ2) is 6.80. The van der Waals surface area contributed by atoms with Crippen LogP contribution in [-0.2, 0) is 4.74 Å². The molecule has 0 aromatic carbocycles. The van der Waals surface area contributed by atoms with Crippen LogP contribution in [0, 0.1) is 5.92 Å². The zero-order chi connectivity index (χ0) is 10.7. The molecule has 0 saturated carbocycles. The summed E-state index contributed by atoms with van der Waals surface area (Å²) in [6.45, 7) is 10.2. The number of ether oxygens (including phenoxy) is 1. The van der Waals surface area contributed by atoms with E-state index < -0.39 is 0 Å². The minimum Gasteiger partial charge on any atom is -0.381 e. The fourth-order valence-electron chi connectivity index (χ4n) is 2.64. The van der Waals surface area contributed by atoms with E-state index in [1.54, 1.807) is 0 Å². The van der Waals surface area contributed by atoms with E-state index in [4.69, 9.17) is 4.74 Å². The fraction of sp³-hybridized carbons (Fsp3) is 1.00. The Morgan fingerprint density at radius 2 is 1.94 bits per heavy atom. The van der Waals surface area contributed by atoms with Crippen molar-refractivity contribution in [3.8, 4) is 0 Å². The summed E-state index contributed by atoms with van der Waals surface area (Å²) in [6.07, 6.45) is 2.51. The summed E-state index contributed by atoms with van der Waals surface area (Å²) in [5.74, 6) is 0.867. The zero-order valence-corrected chi connectivity index (χ0v) is 11.3. The molecule has 2 aliphatic rings. The van der Waals surface area contributed by atoms with Gasteiger partial charge in [-0.05, 0) is 32.6 Å². The molecule has 1 N–H and O–H groups in total. The van der Waals surface area contributed by atoms with Crippen molar-refractivity contribution >= 4 is 12.4 Å². The normalized spacial score (nSPS) is 33.4. The van der Waals surface area contributed by atoms with Crippen LogP contribution in [0.4, 0.5) is 0 Å². The van der Waals surface area contributed by atoms with Crippen LogP contribution in [0.15, 0.2) is 0 Å². The number of hydrogen-bond acceptors (Lipinski definition) is 3. The van der Waals surface area contributed by atoms with Crippen molar-refractivity contribution in [3.05, 3.63) is 0 Å². The number of piperazine rings is 1. The lowest BCUT2D eigenvalue weighted by Crippen LogP contribution is -2.56. The summed E-state index contributed by atoms with van der Waals surface area (Å²) in [4.78, 5) is 2.65. The SMILES string of the molecule is CC1NCCN(CC2CCOCC2)C1C.Cl. The van der Waals surface area contributed by atoms with Gasteiger partial charge in [-0.3, -0.25) is 4.90 Å². The fourth-order valence-corrected chi connectivity index (χ4v) is 2.64. The molecule has 0 bridgehead atoms. The Balaban J connectivity index is 0.00000128. The second-order valence-electron chi connectivity index (χ2n) is 5.03. The maximum atomic E-state index is 5.41. The molecule has 2 fully saturated rings. The van der Waals surface area contributed by atoms with Crippen molar-refractivity contribution in [1.29, 1.82) is 0 Å². The molecule has 0 spiro atoms. The van der Waals surface area contributed by atoms with E-state index in [0.717, 1.165) is 25.7 Å². The van der Waals surface area contributed by atoms with Crippen molar-refractivity contribution in [3.63, 3.8) is 0 Å². The lowest BCUT2D eigenvalue weighted by molar-refractivity contribution is 0.0376. The van der Waals surface area contributed by atoms with E-state index in [0.29, 0.717) is 12.1 Å². The third kappa shape index (κ3) is 3.59. The van der Waals surface area contributed by atoms with Crippen LogP contribution < -0.4 is 5.32 Å². The van der Waals surface area contributed by atoms with Gasteiger partial charge in [-0.15, -0.1) is 12.4 Å². The topological polar surface area (TPSA) is 24.5 Å². The van der Waals surface area contributed by atoms with Crippen molar-refractivity contribution in [2.75, 3.05) is 32.8 Å². The molecule has 0 aromatic heterocycles. The molecule has 0 aromatic rings. The molecular formula is C12H25ClN2O. The van der Waals surface area contributed by atoms with Gasteiger partial charge in [-0.1, -0.05) is 0 Å². The molecule has 2 heterocycles. The van der Waals surface area contributed by atoms with Crippen LogP contribution >= 0.6 is 12.4 Å².